The molecule has 3 rings (SSSR count). The van der Waals surface area contributed by atoms with Crippen LogP contribution in [-0.4, -0.2) is 40.6 Å². The lowest BCUT2D eigenvalue weighted by molar-refractivity contribution is -0.132. The number of piperidine rings is 1. The lowest BCUT2D eigenvalue weighted by atomic mass is 9.99. The second-order valence-electron chi connectivity index (χ2n) is 6.10. The Balaban J connectivity index is 1.57. The highest BCUT2D eigenvalue weighted by Gasteiger charge is 2.23. The van der Waals surface area contributed by atoms with Crippen LogP contribution in [0, 0.1) is 5.92 Å². The van der Waals surface area contributed by atoms with Gasteiger partial charge in [-0.3, -0.25) is 4.79 Å². The summed E-state index contributed by atoms with van der Waals surface area (Å²) in [5, 5.41) is 12.3. The summed E-state index contributed by atoms with van der Waals surface area (Å²) in [6.45, 7) is 1.65. The SMILES string of the molecule is O=C(Cc1csc(Cc2ccccc2)n1)N1CCCC(CO)C1. The van der Waals surface area contributed by atoms with Crippen LogP contribution in [0.5, 0.6) is 0 Å². The summed E-state index contributed by atoms with van der Waals surface area (Å²) in [5.74, 6) is 0.358. The fraction of sp³-hybridized carbons (Fsp3) is 0.444. The minimum Gasteiger partial charge on any atom is -0.396 e. The molecular formula is C18H22N2O2S. The zero-order chi connectivity index (χ0) is 16.1. The Morgan fingerprint density at radius 1 is 1.35 bits per heavy atom. The standard InChI is InChI=1S/C18H22N2O2S/c21-12-15-7-4-8-20(11-15)18(22)10-16-13-23-17(19-16)9-14-5-2-1-3-6-14/h1-3,5-6,13,15,21H,4,7-12H2. The number of aromatic nitrogens is 1. The molecule has 0 spiro atoms. The minimum absolute atomic E-state index is 0.125. The summed E-state index contributed by atoms with van der Waals surface area (Å²) >= 11 is 1.62. The van der Waals surface area contributed by atoms with E-state index in [0.717, 1.165) is 36.5 Å². The third kappa shape index (κ3) is 4.39. The van der Waals surface area contributed by atoms with Crippen LogP contribution in [0.2, 0.25) is 0 Å². The van der Waals surface area contributed by atoms with E-state index in [2.05, 4.69) is 17.1 Å². The van der Waals surface area contributed by atoms with E-state index in [9.17, 15) is 9.90 Å². The van der Waals surface area contributed by atoms with E-state index in [1.54, 1.807) is 11.3 Å². The molecule has 1 aromatic heterocycles. The number of likely N-dealkylation sites (tertiary alicyclic amines) is 1. The molecule has 0 bridgehead atoms. The van der Waals surface area contributed by atoms with Crippen molar-refractivity contribution in [2.24, 2.45) is 5.92 Å². The van der Waals surface area contributed by atoms with Gasteiger partial charge in [0, 0.05) is 31.5 Å². The first-order chi connectivity index (χ1) is 11.2. The predicted octanol–water partition coefficient (Wildman–Crippen LogP) is 2.51. The van der Waals surface area contributed by atoms with Gasteiger partial charge in [-0.15, -0.1) is 11.3 Å². The lowest BCUT2D eigenvalue weighted by Crippen LogP contribution is -2.41. The van der Waals surface area contributed by atoms with Crippen molar-refractivity contribution in [3.8, 4) is 0 Å². The minimum atomic E-state index is 0.125. The molecular weight excluding hydrogens is 308 g/mol. The molecule has 2 heterocycles. The van der Waals surface area contributed by atoms with Crippen LogP contribution in [-0.2, 0) is 17.6 Å². The summed E-state index contributed by atoms with van der Waals surface area (Å²) < 4.78 is 0. The molecule has 1 atom stereocenters. The summed E-state index contributed by atoms with van der Waals surface area (Å²) in [7, 11) is 0. The Labute approximate surface area is 140 Å². The van der Waals surface area contributed by atoms with Crippen molar-refractivity contribution in [2.45, 2.75) is 25.7 Å². The molecule has 0 saturated carbocycles. The Morgan fingerprint density at radius 3 is 2.96 bits per heavy atom. The second-order valence-corrected chi connectivity index (χ2v) is 7.04. The third-order valence-electron chi connectivity index (χ3n) is 4.26. The van der Waals surface area contributed by atoms with E-state index < -0.39 is 0 Å². The monoisotopic (exact) mass is 330 g/mol. The number of nitrogens with zero attached hydrogens (tertiary/aromatic N) is 2. The van der Waals surface area contributed by atoms with Gasteiger partial charge in [0.05, 0.1) is 17.1 Å². The molecule has 1 saturated heterocycles. The molecule has 2 aromatic rings. The van der Waals surface area contributed by atoms with Crippen LogP contribution in [0.25, 0.3) is 0 Å². The number of hydrogen-bond donors (Lipinski definition) is 1. The summed E-state index contributed by atoms with van der Waals surface area (Å²) in [6.07, 6.45) is 3.17. The van der Waals surface area contributed by atoms with Crippen molar-refractivity contribution < 1.29 is 9.90 Å². The molecule has 23 heavy (non-hydrogen) atoms. The molecule has 1 amide bonds. The van der Waals surface area contributed by atoms with Crippen LogP contribution in [0.15, 0.2) is 35.7 Å². The highest BCUT2D eigenvalue weighted by molar-refractivity contribution is 7.09. The molecule has 0 radical (unpaired) electrons. The van der Waals surface area contributed by atoms with Crippen LogP contribution in [0.3, 0.4) is 0 Å². The summed E-state index contributed by atoms with van der Waals surface area (Å²) in [6, 6.07) is 10.3. The van der Waals surface area contributed by atoms with Gasteiger partial charge in [-0.25, -0.2) is 4.98 Å². The highest BCUT2D eigenvalue weighted by atomic mass is 32.1. The zero-order valence-corrected chi connectivity index (χ0v) is 14.0. The van der Waals surface area contributed by atoms with Crippen LogP contribution >= 0.6 is 11.3 Å². The lowest BCUT2D eigenvalue weighted by Gasteiger charge is -2.31. The smallest absolute Gasteiger partial charge is 0.228 e. The van der Waals surface area contributed by atoms with Crippen LogP contribution in [0.1, 0.15) is 29.1 Å². The number of amides is 1. The molecule has 122 valence electrons. The average Bonchev–Trinajstić information content (AvgIpc) is 3.02. The first kappa shape index (κ1) is 16.1. The quantitative estimate of drug-likeness (QED) is 0.916. The largest absolute Gasteiger partial charge is 0.396 e. The van der Waals surface area contributed by atoms with E-state index in [-0.39, 0.29) is 18.4 Å². The van der Waals surface area contributed by atoms with E-state index in [1.807, 2.05) is 28.5 Å². The molecule has 4 nitrogen and oxygen atoms in total. The molecule has 1 N–H and O–H groups in total. The van der Waals surface area contributed by atoms with E-state index in [1.165, 1.54) is 5.56 Å². The van der Waals surface area contributed by atoms with Crippen molar-refractivity contribution in [1.82, 2.24) is 9.88 Å². The van der Waals surface area contributed by atoms with E-state index in [0.29, 0.717) is 13.0 Å². The van der Waals surface area contributed by atoms with Gasteiger partial charge in [0.1, 0.15) is 0 Å². The zero-order valence-electron chi connectivity index (χ0n) is 13.1. The van der Waals surface area contributed by atoms with Crippen LogP contribution < -0.4 is 0 Å². The molecule has 1 aliphatic rings. The number of carbonyl (C=O) groups excluding carboxylic acids is 1. The Bertz CT molecular complexity index is 641. The fourth-order valence-corrected chi connectivity index (χ4v) is 3.82. The molecule has 1 fully saturated rings. The number of aliphatic hydroxyl groups is 1. The first-order valence-electron chi connectivity index (χ1n) is 8.10. The Hall–Kier alpha value is -1.72. The van der Waals surface area contributed by atoms with Gasteiger partial charge in [-0.1, -0.05) is 30.3 Å². The highest BCUT2D eigenvalue weighted by Crippen LogP contribution is 2.19. The van der Waals surface area contributed by atoms with Gasteiger partial charge in [-0.05, 0) is 24.3 Å². The van der Waals surface area contributed by atoms with Gasteiger partial charge < -0.3 is 10.0 Å². The molecule has 5 heteroatoms. The molecule has 1 aromatic carbocycles. The summed E-state index contributed by atoms with van der Waals surface area (Å²) in [4.78, 5) is 18.9. The number of hydrogen-bond acceptors (Lipinski definition) is 4. The maximum Gasteiger partial charge on any atom is 0.228 e. The number of aliphatic hydroxyl groups excluding tert-OH is 1. The first-order valence-corrected chi connectivity index (χ1v) is 8.98. The van der Waals surface area contributed by atoms with Gasteiger partial charge >= 0.3 is 0 Å². The van der Waals surface area contributed by atoms with E-state index in [4.69, 9.17) is 0 Å². The number of thiazole rings is 1. The molecule has 0 aliphatic carbocycles. The third-order valence-corrected chi connectivity index (χ3v) is 5.16. The van der Waals surface area contributed by atoms with E-state index >= 15 is 0 Å². The van der Waals surface area contributed by atoms with Gasteiger partial charge in [0.15, 0.2) is 0 Å². The topological polar surface area (TPSA) is 53.4 Å². The molecule has 1 unspecified atom stereocenters. The van der Waals surface area contributed by atoms with Crippen LogP contribution in [0.4, 0.5) is 0 Å². The average molecular weight is 330 g/mol. The molecule has 1 aliphatic heterocycles. The van der Waals surface area contributed by atoms with Crippen molar-refractivity contribution in [2.75, 3.05) is 19.7 Å². The maximum atomic E-state index is 12.4. The predicted molar refractivity (Wildman–Crippen MR) is 91.5 cm³/mol. The Kier molecular flexibility index (Phi) is 5.41. The van der Waals surface area contributed by atoms with Crippen molar-refractivity contribution >= 4 is 17.2 Å². The number of benzene rings is 1. The van der Waals surface area contributed by atoms with Crippen molar-refractivity contribution in [1.29, 1.82) is 0 Å². The van der Waals surface area contributed by atoms with Gasteiger partial charge in [-0.2, -0.15) is 0 Å². The second kappa shape index (κ2) is 7.70. The normalized spacial score (nSPS) is 18.1. The Morgan fingerprint density at radius 2 is 2.17 bits per heavy atom. The fourth-order valence-electron chi connectivity index (χ4n) is 2.99. The maximum absolute atomic E-state index is 12.4. The van der Waals surface area contributed by atoms with Gasteiger partial charge in [0.2, 0.25) is 5.91 Å². The van der Waals surface area contributed by atoms with Crippen molar-refractivity contribution in [3.05, 3.63) is 52.0 Å². The number of carbonyl (C=O) groups is 1. The summed E-state index contributed by atoms with van der Waals surface area (Å²) in [5.41, 5.74) is 2.10. The van der Waals surface area contributed by atoms with Crippen molar-refractivity contribution in [3.63, 3.8) is 0 Å². The number of rotatable bonds is 5. The van der Waals surface area contributed by atoms with Gasteiger partial charge in [0.25, 0.3) is 0 Å².